The number of nitrogens with one attached hydrogen (secondary N) is 2. The molecule has 0 aromatic heterocycles. The largest absolute Gasteiger partial charge is 0.452 e. The van der Waals surface area contributed by atoms with Gasteiger partial charge in [-0.1, -0.05) is 12.1 Å². The summed E-state index contributed by atoms with van der Waals surface area (Å²) in [5, 5.41) is 4.53. The summed E-state index contributed by atoms with van der Waals surface area (Å²) in [6.07, 6.45) is -4.75. The second kappa shape index (κ2) is 8.98. The summed E-state index contributed by atoms with van der Waals surface area (Å²) in [7, 11) is 0. The van der Waals surface area contributed by atoms with Crippen LogP contribution in [0.5, 0.6) is 0 Å². The van der Waals surface area contributed by atoms with Gasteiger partial charge in [0, 0.05) is 5.69 Å². The van der Waals surface area contributed by atoms with Crippen molar-refractivity contribution >= 4 is 23.5 Å². The molecule has 0 atom stereocenters. The molecule has 6 nitrogen and oxygen atoms in total. The molecule has 0 radical (unpaired) electrons. The lowest BCUT2D eigenvalue weighted by atomic mass is 10.1. The Balaban J connectivity index is 1.82. The van der Waals surface area contributed by atoms with Gasteiger partial charge < -0.3 is 15.4 Å². The minimum Gasteiger partial charge on any atom is -0.452 e. The van der Waals surface area contributed by atoms with Crippen LogP contribution in [-0.4, -0.2) is 30.9 Å². The zero-order valence-corrected chi connectivity index (χ0v) is 14.2. The maximum atomic E-state index is 12.9. The number of amides is 2. The van der Waals surface area contributed by atoms with Gasteiger partial charge in [-0.3, -0.25) is 9.59 Å². The molecule has 2 amide bonds. The number of benzene rings is 2. The summed E-state index contributed by atoms with van der Waals surface area (Å²) < 4.78 is 55.9. The first kappa shape index (κ1) is 20.9. The van der Waals surface area contributed by atoms with Gasteiger partial charge in [-0.15, -0.1) is 0 Å². The molecule has 0 saturated carbocycles. The molecule has 0 saturated heterocycles. The van der Waals surface area contributed by atoms with Gasteiger partial charge in [-0.2, -0.15) is 13.2 Å². The van der Waals surface area contributed by atoms with E-state index >= 15 is 0 Å². The van der Waals surface area contributed by atoms with Crippen LogP contribution in [0.1, 0.15) is 15.9 Å². The number of anilines is 1. The van der Waals surface area contributed by atoms with Gasteiger partial charge >= 0.3 is 12.1 Å². The molecule has 28 heavy (non-hydrogen) atoms. The summed E-state index contributed by atoms with van der Waals surface area (Å²) in [5.74, 6) is -3.32. The Labute approximate surface area is 156 Å². The van der Waals surface area contributed by atoms with E-state index in [0.29, 0.717) is 5.69 Å². The second-order valence-corrected chi connectivity index (χ2v) is 5.45. The molecule has 148 valence electrons. The van der Waals surface area contributed by atoms with E-state index in [-0.39, 0.29) is 0 Å². The summed E-state index contributed by atoms with van der Waals surface area (Å²) in [6, 6.07) is 8.89. The number of rotatable bonds is 6. The highest BCUT2D eigenvalue weighted by Gasteiger charge is 2.35. The van der Waals surface area contributed by atoms with Crippen LogP contribution in [0.2, 0.25) is 0 Å². The monoisotopic (exact) mass is 398 g/mol. The average Bonchev–Trinajstić information content (AvgIpc) is 2.65. The van der Waals surface area contributed by atoms with Crippen LogP contribution in [0, 0.1) is 5.82 Å². The van der Waals surface area contributed by atoms with Crippen LogP contribution < -0.4 is 10.6 Å². The molecule has 2 rings (SSSR count). The number of hydrogen-bond acceptors (Lipinski definition) is 4. The minimum atomic E-state index is -4.75. The van der Waals surface area contributed by atoms with Crippen molar-refractivity contribution in [1.82, 2.24) is 5.32 Å². The van der Waals surface area contributed by atoms with Crippen LogP contribution >= 0.6 is 0 Å². The molecule has 0 heterocycles. The summed E-state index contributed by atoms with van der Waals surface area (Å²) in [4.78, 5) is 35.1. The Kier molecular flexibility index (Phi) is 6.69. The van der Waals surface area contributed by atoms with Crippen molar-refractivity contribution in [2.75, 3.05) is 18.5 Å². The lowest BCUT2D eigenvalue weighted by molar-refractivity contribution is -0.138. The fraction of sp³-hybridized carbons (Fsp3) is 0.167. The molecule has 0 aliphatic carbocycles. The Morgan fingerprint density at radius 1 is 0.929 bits per heavy atom. The number of hydrogen-bond donors (Lipinski definition) is 2. The first-order chi connectivity index (χ1) is 13.2. The molecule has 0 aliphatic heterocycles. The predicted molar refractivity (Wildman–Crippen MR) is 89.8 cm³/mol. The number of ether oxygens (including phenoxy) is 1. The molecule has 0 aliphatic rings. The molecule has 0 fully saturated rings. The molecule has 0 unspecified atom stereocenters. The van der Waals surface area contributed by atoms with Crippen molar-refractivity contribution in [3.63, 3.8) is 0 Å². The number of carbonyl (C=O) groups excluding carboxylic acids is 3. The van der Waals surface area contributed by atoms with Crippen molar-refractivity contribution in [2.24, 2.45) is 0 Å². The van der Waals surface area contributed by atoms with Gasteiger partial charge in [-0.05, 0) is 36.4 Å². The zero-order chi connectivity index (χ0) is 20.7. The van der Waals surface area contributed by atoms with Gasteiger partial charge in [0.2, 0.25) is 5.91 Å². The normalized spacial score (nSPS) is 10.9. The van der Waals surface area contributed by atoms with E-state index in [1.54, 1.807) is 0 Å². The summed E-state index contributed by atoms with van der Waals surface area (Å²) in [5.41, 5.74) is -1.60. The third-order valence-electron chi connectivity index (χ3n) is 3.36. The van der Waals surface area contributed by atoms with Crippen LogP contribution in [0.15, 0.2) is 48.5 Å². The zero-order valence-electron chi connectivity index (χ0n) is 14.2. The van der Waals surface area contributed by atoms with Gasteiger partial charge in [-0.25, -0.2) is 9.18 Å². The fourth-order valence-corrected chi connectivity index (χ4v) is 2.09. The van der Waals surface area contributed by atoms with Crippen LogP contribution in [0.25, 0.3) is 0 Å². The molecule has 2 N–H and O–H groups in total. The Hall–Kier alpha value is -3.43. The topological polar surface area (TPSA) is 84.5 Å². The quantitative estimate of drug-likeness (QED) is 0.579. The highest BCUT2D eigenvalue weighted by Crippen LogP contribution is 2.32. The van der Waals surface area contributed by atoms with E-state index in [1.807, 2.05) is 0 Å². The fourth-order valence-electron chi connectivity index (χ4n) is 2.09. The average molecular weight is 398 g/mol. The molecule has 2 aromatic rings. The van der Waals surface area contributed by atoms with Gasteiger partial charge in [0.15, 0.2) is 6.61 Å². The lowest BCUT2D eigenvalue weighted by Crippen LogP contribution is -2.35. The number of carbonyl (C=O) groups is 3. The highest BCUT2D eigenvalue weighted by atomic mass is 19.4. The van der Waals surface area contributed by atoms with Gasteiger partial charge in [0.05, 0.1) is 17.7 Å². The van der Waals surface area contributed by atoms with E-state index in [4.69, 9.17) is 0 Å². The maximum Gasteiger partial charge on any atom is 0.417 e. The van der Waals surface area contributed by atoms with Crippen LogP contribution in [-0.2, 0) is 20.5 Å². The molecule has 0 bridgehead atoms. The lowest BCUT2D eigenvalue weighted by Gasteiger charge is -2.12. The minimum absolute atomic E-state index is 0.302. The molecular weight excluding hydrogens is 384 g/mol. The first-order valence-electron chi connectivity index (χ1n) is 7.82. The standard InChI is InChI=1S/C18H14F4N2O4/c19-11-5-7-12(8-6-11)24-15(25)9-23-16(26)10-28-17(27)13-3-1-2-4-14(13)18(20,21)22/h1-8H,9-10H2,(H,23,26)(H,24,25). The maximum absolute atomic E-state index is 12.9. The van der Waals surface area contributed by atoms with Crippen molar-refractivity contribution in [2.45, 2.75) is 6.18 Å². The van der Waals surface area contributed by atoms with Crippen LogP contribution in [0.3, 0.4) is 0 Å². The number of esters is 1. The summed E-state index contributed by atoms with van der Waals surface area (Å²) >= 11 is 0. The van der Waals surface area contributed by atoms with Crippen molar-refractivity contribution in [1.29, 1.82) is 0 Å². The molecule has 2 aromatic carbocycles. The van der Waals surface area contributed by atoms with Crippen LogP contribution in [0.4, 0.5) is 23.2 Å². The van der Waals surface area contributed by atoms with Crippen molar-refractivity contribution in [3.05, 3.63) is 65.5 Å². The van der Waals surface area contributed by atoms with E-state index in [0.717, 1.165) is 30.3 Å². The third-order valence-corrected chi connectivity index (χ3v) is 3.36. The Morgan fingerprint density at radius 2 is 1.57 bits per heavy atom. The number of alkyl halides is 3. The van der Waals surface area contributed by atoms with E-state index in [1.165, 1.54) is 18.2 Å². The van der Waals surface area contributed by atoms with E-state index in [2.05, 4.69) is 15.4 Å². The highest BCUT2D eigenvalue weighted by molar-refractivity contribution is 5.96. The Morgan fingerprint density at radius 3 is 2.21 bits per heavy atom. The Bertz CT molecular complexity index is 867. The molecule has 0 spiro atoms. The van der Waals surface area contributed by atoms with Crippen molar-refractivity contribution < 1.29 is 36.7 Å². The van der Waals surface area contributed by atoms with Crippen molar-refractivity contribution in [3.8, 4) is 0 Å². The van der Waals surface area contributed by atoms with E-state index in [9.17, 15) is 31.9 Å². The number of halogens is 4. The van der Waals surface area contributed by atoms with Gasteiger partial charge in [0.1, 0.15) is 5.82 Å². The predicted octanol–water partition coefficient (Wildman–Crippen LogP) is 2.76. The second-order valence-electron chi connectivity index (χ2n) is 5.45. The first-order valence-corrected chi connectivity index (χ1v) is 7.82. The smallest absolute Gasteiger partial charge is 0.417 e. The SMILES string of the molecule is O=C(COC(=O)c1ccccc1C(F)(F)F)NCC(=O)Nc1ccc(F)cc1. The van der Waals surface area contributed by atoms with E-state index < -0.39 is 54.1 Å². The van der Waals surface area contributed by atoms with Gasteiger partial charge in [0.25, 0.3) is 5.91 Å². The summed E-state index contributed by atoms with van der Waals surface area (Å²) in [6.45, 7) is -1.35. The third kappa shape index (κ3) is 6.08. The molecule has 10 heteroatoms. The molecular formula is C18H14F4N2O4.